The Bertz CT molecular complexity index is 1240. The summed E-state index contributed by atoms with van der Waals surface area (Å²) in [5.74, 6) is -2.18. The molecule has 0 saturated heterocycles. The van der Waals surface area contributed by atoms with Crippen LogP contribution in [0.15, 0.2) is 75.8 Å². The topological polar surface area (TPSA) is 120 Å². The lowest BCUT2D eigenvalue weighted by Gasteiger charge is -2.10. The van der Waals surface area contributed by atoms with E-state index < -0.39 is 11.9 Å². The third-order valence-corrected chi connectivity index (χ3v) is 4.69. The van der Waals surface area contributed by atoms with E-state index in [-0.39, 0.29) is 22.8 Å². The second-order valence-electron chi connectivity index (χ2n) is 6.81. The molecule has 0 radical (unpaired) electrons. The van der Waals surface area contributed by atoms with Gasteiger partial charge in [-0.2, -0.15) is 10.1 Å². The van der Waals surface area contributed by atoms with Crippen molar-refractivity contribution in [2.45, 2.75) is 6.92 Å². The van der Waals surface area contributed by atoms with Crippen LogP contribution in [0.4, 0.5) is 5.69 Å². The zero-order chi connectivity index (χ0) is 22.1. The van der Waals surface area contributed by atoms with E-state index in [9.17, 15) is 24.6 Å². The molecule has 0 fully saturated rings. The summed E-state index contributed by atoms with van der Waals surface area (Å²) < 4.78 is 5.75. The van der Waals surface area contributed by atoms with Gasteiger partial charge in [0.15, 0.2) is 0 Å². The minimum atomic E-state index is -1.25. The van der Waals surface area contributed by atoms with Gasteiger partial charge >= 0.3 is 11.9 Å². The van der Waals surface area contributed by atoms with Crippen molar-refractivity contribution in [2.24, 2.45) is 5.10 Å². The number of hydrazone groups is 1. The molecule has 1 amide bonds. The molecule has 0 atom stereocenters. The number of nitrogens with zero attached hydrogens (tertiary/aromatic N) is 2. The average molecular weight is 416 g/mol. The zero-order valence-electron chi connectivity index (χ0n) is 16.3. The molecule has 0 aliphatic carbocycles. The molecule has 8 nitrogen and oxygen atoms in total. The third-order valence-electron chi connectivity index (χ3n) is 4.69. The lowest BCUT2D eigenvalue weighted by atomic mass is 10.0. The van der Waals surface area contributed by atoms with Crippen molar-refractivity contribution < 1.29 is 29.0 Å². The highest BCUT2D eigenvalue weighted by atomic mass is 16.4. The van der Waals surface area contributed by atoms with Gasteiger partial charge in [0.2, 0.25) is 0 Å². The van der Waals surface area contributed by atoms with Gasteiger partial charge in [-0.3, -0.25) is 4.79 Å². The Hall–Kier alpha value is -4.46. The Kier molecular flexibility index (Phi) is 4.96. The average Bonchev–Trinajstić information content (AvgIpc) is 3.34. The largest absolute Gasteiger partial charge is 0.478 e. The van der Waals surface area contributed by atoms with Crippen LogP contribution in [-0.4, -0.2) is 33.8 Å². The number of carbonyl (C=O) groups is 3. The van der Waals surface area contributed by atoms with Crippen molar-refractivity contribution in [2.75, 3.05) is 5.01 Å². The van der Waals surface area contributed by atoms with Gasteiger partial charge in [0.25, 0.3) is 5.91 Å². The number of benzene rings is 2. The molecule has 1 aliphatic heterocycles. The van der Waals surface area contributed by atoms with E-state index in [0.717, 1.165) is 6.07 Å². The Labute approximate surface area is 176 Å². The number of para-hydroxylation sites is 1. The Morgan fingerprint density at radius 2 is 1.61 bits per heavy atom. The number of carboxylic acids is 2. The summed E-state index contributed by atoms with van der Waals surface area (Å²) >= 11 is 0. The summed E-state index contributed by atoms with van der Waals surface area (Å²) in [6, 6.07) is 15.9. The highest BCUT2D eigenvalue weighted by Gasteiger charge is 2.29. The van der Waals surface area contributed by atoms with E-state index in [1.807, 2.05) is 18.2 Å². The minimum Gasteiger partial charge on any atom is -0.478 e. The molecule has 1 aromatic heterocycles. The lowest BCUT2D eigenvalue weighted by Crippen LogP contribution is -2.21. The summed E-state index contributed by atoms with van der Waals surface area (Å²) in [6.07, 6.45) is 1.55. The normalized spacial score (nSPS) is 14.7. The van der Waals surface area contributed by atoms with Gasteiger partial charge in [0, 0.05) is 5.56 Å². The van der Waals surface area contributed by atoms with Crippen molar-refractivity contribution in [3.05, 3.63) is 83.1 Å². The third kappa shape index (κ3) is 3.86. The molecule has 8 heteroatoms. The summed E-state index contributed by atoms with van der Waals surface area (Å²) in [7, 11) is 0. The Balaban J connectivity index is 1.67. The minimum absolute atomic E-state index is 0.168. The van der Waals surface area contributed by atoms with Gasteiger partial charge in [0.05, 0.1) is 28.1 Å². The van der Waals surface area contributed by atoms with E-state index in [4.69, 9.17) is 4.42 Å². The number of furan rings is 1. The molecule has 2 aromatic carbocycles. The van der Waals surface area contributed by atoms with Gasteiger partial charge in [-0.15, -0.1) is 0 Å². The zero-order valence-corrected chi connectivity index (χ0v) is 16.3. The number of aromatic carboxylic acids is 2. The van der Waals surface area contributed by atoms with Crippen LogP contribution in [0, 0.1) is 0 Å². The van der Waals surface area contributed by atoms with Crippen molar-refractivity contribution in [3.8, 4) is 11.3 Å². The molecule has 0 unspecified atom stereocenters. The molecular formula is C23H16N2O6. The highest BCUT2D eigenvalue weighted by Crippen LogP contribution is 2.28. The molecule has 2 heterocycles. The fourth-order valence-electron chi connectivity index (χ4n) is 3.17. The maximum absolute atomic E-state index is 12.8. The van der Waals surface area contributed by atoms with E-state index in [1.165, 1.54) is 17.1 Å². The monoisotopic (exact) mass is 416 g/mol. The van der Waals surface area contributed by atoms with Crippen molar-refractivity contribution >= 4 is 35.3 Å². The van der Waals surface area contributed by atoms with Crippen LogP contribution in [0.1, 0.15) is 33.4 Å². The van der Waals surface area contributed by atoms with E-state index in [2.05, 4.69) is 5.10 Å². The fourth-order valence-corrected chi connectivity index (χ4v) is 3.17. The molecule has 0 saturated carbocycles. The van der Waals surface area contributed by atoms with Gasteiger partial charge < -0.3 is 14.6 Å². The van der Waals surface area contributed by atoms with Crippen molar-refractivity contribution in [1.82, 2.24) is 0 Å². The van der Waals surface area contributed by atoms with E-state index in [1.54, 1.807) is 37.3 Å². The molecule has 1 aliphatic rings. The van der Waals surface area contributed by atoms with Crippen LogP contribution in [0.5, 0.6) is 0 Å². The molecule has 154 valence electrons. The van der Waals surface area contributed by atoms with Crippen LogP contribution in [-0.2, 0) is 4.79 Å². The van der Waals surface area contributed by atoms with E-state index >= 15 is 0 Å². The van der Waals surface area contributed by atoms with Gasteiger partial charge in [-0.05, 0) is 55.5 Å². The Morgan fingerprint density at radius 1 is 0.968 bits per heavy atom. The predicted octanol–water partition coefficient (Wildman–Crippen LogP) is 4.15. The first-order valence-corrected chi connectivity index (χ1v) is 9.22. The van der Waals surface area contributed by atoms with Crippen LogP contribution in [0.2, 0.25) is 0 Å². The molecule has 0 bridgehead atoms. The van der Waals surface area contributed by atoms with Crippen molar-refractivity contribution in [1.29, 1.82) is 0 Å². The molecule has 3 aromatic rings. The summed E-state index contributed by atoms with van der Waals surface area (Å²) in [4.78, 5) is 35.5. The summed E-state index contributed by atoms with van der Waals surface area (Å²) in [5.41, 5.74) is 1.48. The highest BCUT2D eigenvalue weighted by molar-refractivity contribution is 6.32. The first-order valence-electron chi connectivity index (χ1n) is 9.22. The predicted molar refractivity (Wildman–Crippen MR) is 113 cm³/mol. The quantitative estimate of drug-likeness (QED) is 0.603. The van der Waals surface area contributed by atoms with Crippen LogP contribution in [0.3, 0.4) is 0 Å². The van der Waals surface area contributed by atoms with Gasteiger partial charge in [-0.1, -0.05) is 18.2 Å². The SMILES string of the molecule is CC1=NN(c2ccccc2)C(=O)C1=Cc1ccc(-c2cc(C(=O)O)cc(C(=O)O)c2)o1. The maximum Gasteiger partial charge on any atom is 0.335 e. The lowest BCUT2D eigenvalue weighted by molar-refractivity contribution is -0.114. The number of hydrogen-bond donors (Lipinski definition) is 2. The second-order valence-corrected chi connectivity index (χ2v) is 6.81. The standard InChI is InChI=1S/C23H16N2O6/c1-13-19(21(26)25(24-13)17-5-3-2-4-6-17)12-18-7-8-20(31-18)14-9-15(22(27)28)11-16(10-14)23(29)30/h2-12H,1H3,(H,27,28)(H,29,30). The van der Waals surface area contributed by atoms with Crippen LogP contribution < -0.4 is 5.01 Å². The van der Waals surface area contributed by atoms with Crippen LogP contribution >= 0.6 is 0 Å². The molecule has 31 heavy (non-hydrogen) atoms. The second kappa shape index (κ2) is 7.75. The number of hydrogen-bond acceptors (Lipinski definition) is 5. The van der Waals surface area contributed by atoms with Crippen LogP contribution in [0.25, 0.3) is 17.4 Å². The number of rotatable bonds is 5. The maximum atomic E-state index is 12.8. The fraction of sp³-hybridized carbons (Fsp3) is 0.0435. The summed E-state index contributed by atoms with van der Waals surface area (Å²) in [5, 5.41) is 24.1. The first kappa shape index (κ1) is 19.8. The first-order chi connectivity index (χ1) is 14.8. The number of carbonyl (C=O) groups excluding carboxylic acids is 1. The molecular weight excluding hydrogens is 400 g/mol. The van der Waals surface area contributed by atoms with Gasteiger partial charge in [0.1, 0.15) is 11.5 Å². The summed E-state index contributed by atoms with van der Waals surface area (Å²) in [6.45, 7) is 1.71. The smallest absolute Gasteiger partial charge is 0.335 e. The van der Waals surface area contributed by atoms with Gasteiger partial charge in [-0.25, -0.2) is 9.59 Å². The molecule has 2 N–H and O–H groups in total. The molecule has 0 spiro atoms. The Morgan fingerprint density at radius 3 is 2.23 bits per heavy atom. The number of anilines is 1. The van der Waals surface area contributed by atoms with Crippen molar-refractivity contribution in [3.63, 3.8) is 0 Å². The molecule has 4 rings (SSSR count). The van der Waals surface area contributed by atoms with E-state index in [0.29, 0.717) is 28.3 Å². The number of carboxylic acid groups (broad SMARTS) is 2. The number of amides is 1.